The maximum atomic E-state index is 11.3. The van der Waals surface area contributed by atoms with Crippen LogP contribution in [0.3, 0.4) is 0 Å². The van der Waals surface area contributed by atoms with Gasteiger partial charge in [-0.25, -0.2) is 15.8 Å². The van der Waals surface area contributed by atoms with Crippen LogP contribution in [0.5, 0.6) is 0 Å². The molecule has 0 spiro atoms. The molecule has 15 nitrogen and oxygen atoms in total. The van der Waals surface area contributed by atoms with Crippen LogP contribution in [0.2, 0.25) is 0 Å². The number of nitrogens with two attached hydrogens (primary N) is 1. The van der Waals surface area contributed by atoms with Gasteiger partial charge in [0.15, 0.2) is 5.11 Å². The Morgan fingerprint density at radius 3 is 1.57 bits per heavy atom. The van der Waals surface area contributed by atoms with Crippen LogP contribution < -0.4 is 11.2 Å². The van der Waals surface area contributed by atoms with E-state index in [1.54, 1.807) is 37.4 Å². The number of carbonyl (C=O) groups is 4. The maximum absolute atomic E-state index is 11.3. The number of fused-ring (bicyclic) bond motifs is 3. The summed E-state index contributed by atoms with van der Waals surface area (Å²) in [5, 5.41) is 42.4. The molecule has 0 fully saturated rings. The molecule has 0 atom stereocenters. The van der Waals surface area contributed by atoms with Crippen molar-refractivity contribution in [3.8, 4) is 0 Å². The zero-order valence-electron chi connectivity index (χ0n) is 21.3. The number of rotatable bonds is 13. The van der Waals surface area contributed by atoms with Gasteiger partial charge in [0.1, 0.15) is 0 Å². The number of hydrogen-bond donors (Lipinski definition) is 6. The summed E-state index contributed by atoms with van der Waals surface area (Å²) >= 11 is 5.28. The molecule has 2 heterocycles. The van der Waals surface area contributed by atoms with E-state index >= 15 is 0 Å². The summed E-state index contributed by atoms with van der Waals surface area (Å²) in [5.41, 5.74) is 2.08. The number of pyridine rings is 2. The van der Waals surface area contributed by atoms with Crippen molar-refractivity contribution >= 4 is 187 Å². The van der Waals surface area contributed by atoms with Crippen LogP contribution >= 0.6 is 12.2 Å². The quantitative estimate of drug-likeness (QED) is 0.0368. The molecule has 7 N–H and O–H groups in total. The van der Waals surface area contributed by atoms with Gasteiger partial charge in [-0.2, -0.15) is 0 Å². The fourth-order valence-corrected chi connectivity index (χ4v) is 4.10. The molecule has 3 rings (SSSR count). The first-order chi connectivity index (χ1) is 18.8. The predicted molar refractivity (Wildman–Crippen MR) is 175 cm³/mol. The number of aromatic nitrogens is 2. The van der Waals surface area contributed by atoms with Crippen LogP contribution in [0.1, 0.15) is 11.4 Å². The minimum absolute atomic E-state index is 0. The third kappa shape index (κ3) is 14.1. The van der Waals surface area contributed by atoms with Crippen molar-refractivity contribution < 1.29 is 39.6 Å². The number of carboxylic acid groups (broad SMARTS) is 4. The van der Waals surface area contributed by atoms with Gasteiger partial charge in [0.25, 0.3) is 0 Å². The van der Waals surface area contributed by atoms with Gasteiger partial charge in [0, 0.05) is 30.9 Å². The van der Waals surface area contributed by atoms with Crippen molar-refractivity contribution in [3.63, 3.8) is 0 Å². The number of thiocarbonyl (C=S) groups is 1. The van der Waals surface area contributed by atoms with Crippen molar-refractivity contribution in [1.29, 1.82) is 0 Å². The standard InChI is InChI=1S/C24H27N7O8S.4Na.4H/c1-29(25)24(40)28-17-6-13-2-3-14(7-30(9-18(32)33)10-19(34)35)26-22(13)23-16(17)5-4-15(27-23)8-31(11-20(36)37)12-21(38)39;;;;;;;;/h2-6H,7-12,25H2,1H3,(H,28,40)(H,32,33)(H,34,35)(H,36,37)(H,38,39);;;;;;;;. The Kier molecular flexibility index (Phi) is 22.2. The van der Waals surface area contributed by atoms with Crippen molar-refractivity contribution in [2.45, 2.75) is 13.1 Å². The average Bonchev–Trinajstić information content (AvgIpc) is 2.82. The molecule has 0 aliphatic carbocycles. The third-order valence-corrected chi connectivity index (χ3v) is 5.91. The molecule has 220 valence electrons. The van der Waals surface area contributed by atoms with E-state index in [2.05, 4.69) is 15.3 Å². The van der Waals surface area contributed by atoms with E-state index in [4.69, 9.17) is 28.3 Å². The first kappa shape index (κ1) is 45.6. The molecule has 3 aromatic rings. The molecule has 0 aliphatic heterocycles. The Bertz CT molecular complexity index is 1470. The Labute approximate surface area is 346 Å². The van der Waals surface area contributed by atoms with E-state index in [0.29, 0.717) is 38.9 Å². The van der Waals surface area contributed by atoms with Gasteiger partial charge >= 0.3 is 142 Å². The molecule has 0 saturated heterocycles. The fraction of sp³-hybridized carbons (Fsp3) is 0.292. The molecule has 44 heavy (non-hydrogen) atoms. The molecular weight excluding hydrogens is 638 g/mol. The molecule has 0 unspecified atom stereocenters. The van der Waals surface area contributed by atoms with E-state index in [0.717, 1.165) is 0 Å². The number of hydrazine groups is 1. The van der Waals surface area contributed by atoms with Crippen LogP contribution in [0, 0.1) is 0 Å². The summed E-state index contributed by atoms with van der Waals surface area (Å²) in [5.74, 6) is 0.967. The second-order valence-electron chi connectivity index (χ2n) is 8.90. The normalized spacial score (nSPS) is 10.2. The summed E-state index contributed by atoms with van der Waals surface area (Å²) in [7, 11) is 1.56. The van der Waals surface area contributed by atoms with E-state index in [9.17, 15) is 29.4 Å². The van der Waals surface area contributed by atoms with Gasteiger partial charge < -0.3 is 25.7 Å². The van der Waals surface area contributed by atoms with Crippen LogP contribution in [0.25, 0.3) is 21.8 Å². The van der Waals surface area contributed by atoms with E-state index in [-0.39, 0.29) is 136 Å². The zero-order chi connectivity index (χ0) is 29.6. The molecule has 0 radical (unpaired) electrons. The molecule has 0 saturated carbocycles. The second kappa shape index (κ2) is 21.4. The van der Waals surface area contributed by atoms with Gasteiger partial charge in [-0.05, 0) is 36.5 Å². The Balaban J connectivity index is 0. The zero-order valence-corrected chi connectivity index (χ0v) is 22.1. The van der Waals surface area contributed by atoms with Gasteiger partial charge in [0.05, 0.1) is 54.3 Å². The predicted octanol–water partition coefficient (Wildman–Crippen LogP) is -2.37. The molecule has 1 aromatic carbocycles. The third-order valence-electron chi connectivity index (χ3n) is 5.52. The van der Waals surface area contributed by atoms with Crippen LogP contribution in [-0.2, 0) is 32.3 Å². The van der Waals surface area contributed by atoms with Gasteiger partial charge in [-0.3, -0.25) is 34.0 Å². The Morgan fingerprint density at radius 1 is 0.750 bits per heavy atom. The Morgan fingerprint density at radius 2 is 1.16 bits per heavy atom. The monoisotopic (exact) mass is 669 g/mol. The fourth-order valence-electron chi connectivity index (χ4n) is 3.99. The summed E-state index contributed by atoms with van der Waals surface area (Å²) in [4.78, 5) is 56.7. The number of carboxylic acids is 4. The van der Waals surface area contributed by atoms with Crippen molar-refractivity contribution in [2.75, 3.05) is 38.5 Å². The first-order valence-electron chi connectivity index (χ1n) is 11.7. The van der Waals surface area contributed by atoms with Crippen LogP contribution in [-0.4, -0.2) is 226 Å². The molecule has 0 amide bonds. The van der Waals surface area contributed by atoms with Crippen molar-refractivity contribution in [3.05, 3.63) is 41.7 Å². The average molecular weight is 670 g/mol. The van der Waals surface area contributed by atoms with Gasteiger partial charge in [-0.15, -0.1) is 0 Å². The summed E-state index contributed by atoms with van der Waals surface area (Å²) in [6, 6.07) is 8.43. The second-order valence-corrected chi connectivity index (χ2v) is 9.29. The van der Waals surface area contributed by atoms with E-state index in [1.807, 2.05) is 0 Å². The summed E-state index contributed by atoms with van der Waals surface area (Å²) in [6.45, 7) is -2.20. The molecule has 2 aromatic heterocycles. The van der Waals surface area contributed by atoms with Gasteiger partial charge in [-0.1, -0.05) is 6.07 Å². The molecule has 0 bridgehead atoms. The number of hydrogen-bond acceptors (Lipinski definition) is 10. The van der Waals surface area contributed by atoms with Crippen LogP contribution in [0.15, 0.2) is 30.3 Å². The van der Waals surface area contributed by atoms with Crippen molar-refractivity contribution in [1.82, 2.24) is 24.8 Å². The molecular formula is C24H31N7Na4O8S. The number of nitrogens with zero attached hydrogens (tertiary/aromatic N) is 5. The van der Waals surface area contributed by atoms with Crippen molar-refractivity contribution in [2.24, 2.45) is 5.84 Å². The summed E-state index contributed by atoms with van der Waals surface area (Å²) < 4.78 is 0. The van der Waals surface area contributed by atoms with E-state index < -0.39 is 50.1 Å². The topological polar surface area (TPSA) is 223 Å². The number of anilines is 1. The Hall–Kier alpha value is -0.510. The molecule has 20 heteroatoms. The van der Waals surface area contributed by atoms with E-state index in [1.165, 1.54) is 14.8 Å². The van der Waals surface area contributed by atoms with Crippen LogP contribution in [0.4, 0.5) is 5.69 Å². The SMILES string of the molecule is CN(N)C(=S)Nc1cc2ccc(CN(CC(=O)O)CC(=O)O)nc2c2nc(CN(CC(=O)O)CC(=O)O)ccc12.[NaH].[NaH].[NaH].[NaH]. The number of aliphatic carboxylic acids is 4. The van der Waals surface area contributed by atoms with Gasteiger partial charge in [0.2, 0.25) is 0 Å². The first-order valence-corrected chi connectivity index (χ1v) is 12.1. The number of nitrogens with one attached hydrogen (secondary N) is 1. The minimum atomic E-state index is -1.20. The molecule has 0 aliphatic rings. The number of benzene rings is 1. The summed E-state index contributed by atoms with van der Waals surface area (Å²) in [6.07, 6.45) is 0.